The molecule has 1 N–H and O–H groups in total. The molecule has 1 fully saturated rings. The van der Waals surface area contributed by atoms with E-state index in [1.165, 1.54) is 11.3 Å². The lowest BCUT2D eigenvalue weighted by molar-refractivity contribution is -0.00381. The van der Waals surface area contributed by atoms with Crippen molar-refractivity contribution >= 4 is 17.2 Å². The topological polar surface area (TPSA) is 58.2 Å². The molecule has 106 valence electrons. The Balaban J connectivity index is 1.89. The van der Waals surface area contributed by atoms with Crippen molar-refractivity contribution in [1.82, 2.24) is 15.1 Å². The molecule has 0 saturated carbocycles. The van der Waals surface area contributed by atoms with Crippen LogP contribution in [0.3, 0.4) is 0 Å². The number of amides is 1. The quantitative estimate of drug-likeness (QED) is 0.923. The van der Waals surface area contributed by atoms with E-state index >= 15 is 0 Å². The van der Waals surface area contributed by atoms with Gasteiger partial charge in [-0.05, 0) is 36.4 Å². The minimum atomic E-state index is -0.0823. The summed E-state index contributed by atoms with van der Waals surface area (Å²) < 4.78 is 5.54. The normalized spacial score (nSPS) is 19.3. The molecule has 1 saturated heterocycles. The highest BCUT2D eigenvalue weighted by atomic mass is 32.1. The van der Waals surface area contributed by atoms with E-state index in [-0.39, 0.29) is 11.9 Å². The summed E-state index contributed by atoms with van der Waals surface area (Å²) in [6, 6.07) is 1.86. The Kier molecular flexibility index (Phi) is 3.58. The van der Waals surface area contributed by atoms with Gasteiger partial charge in [0.2, 0.25) is 0 Å². The van der Waals surface area contributed by atoms with E-state index in [0.29, 0.717) is 19.8 Å². The van der Waals surface area contributed by atoms with Crippen LogP contribution in [-0.2, 0) is 4.74 Å². The number of nitrogens with one attached hydrogen (secondary N) is 1. The highest BCUT2D eigenvalue weighted by Crippen LogP contribution is 2.28. The number of aryl methyl sites for hydroxylation is 2. The Hall–Kier alpha value is -1.66. The van der Waals surface area contributed by atoms with Gasteiger partial charge >= 0.3 is 0 Å². The second-order valence-electron chi connectivity index (χ2n) is 5.04. The average Bonchev–Trinajstić information content (AvgIpc) is 3.07. The Morgan fingerprint density at radius 3 is 3.05 bits per heavy atom. The number of rotatable bonds is 2. The van der Waals surface area contributed by atoms with Crippen molar-refractivity contribution in [1.29, 1.82) is 0 Å². The predicted molar refractivity (Wildman–Crippen MR) is 77.0 cm³/mol. The van der Waals surface area contributed by atoms with Gasteiger partial charge in [0.25, 0.3) is 5.91 Å². The van der Waals surface area contributed by atoms with Crippen LogP contribution in [-0.4, -0.2) is 40.8 Å². The number of carbonyl (C=O) groups is 1. The first-order chi connectivity index (χ1) is 9.66. The lowest BCUT2D eigenvalue weighted by Gasteiger charge is -2.35. The molecule has 1 atom stereocenters. The van der Waals surface area contributed by atoms with E-state index in [1.54, 1.807) is 6.20 Å². The summed E-state index contributed by atoms with van der Waals surface area (Å²) >= 11 is 1.50. The van der Waals surface area contributed by atoms with Crippen LogP contribution in [0, 0.1) is 13.8 Å². The van der Waals surface area contributed by atoms with Gasteiger partial charge in [-0.2, -0.15) is 5.10 Å². The molecule has 0 spiro atoms. The average molecular weight is 291 g/mol. The molecular weight excluding hydrogens is 274 g/mol. The van der Waals surface area contributed by atoms with Gasteiger partial charge in [0, 0.05) is 6.54 Å². The fourth-order valence-electron chi connectivity index (χ4n) is 2.46. The van der Waals surface area contributed by atoms with Crippen molar-refractivity contribution in [3.8, 4) is 0 Å². The number of aromatic amines is 1. The molecule has 0 unspecified atom stereocenters. The predicted octanol–water partition coefficient (Wildman–Crippen LogP) is 2.30. The minimum absolute atomic E-state index is 0.0744. The van der Waals surface area contributed by atoms with Gasteiger partial charge in [-0.15, -0.1) is 11.3 Å². The van der Waals surface area contributed by atoms with Crippen molar-refractivity contribution in [3.63, 3.8) is 0 Å². The molecule has 1 aliphatic rings. The monoisotopic (exact) mass is 291 g/mol. The summed E-state index contributed by atoms with van der Waals surface area (Å²) in [4.78, 5) is 15.3. The summed E-state index contributed by atoms with van der Waals surface area (Å²) in [6.07, 6.45) is 1.78. The molecule has 0 radical (unpaired) electrons. The standard InChI is InChI=1S/C14H17N3O2S/c1-9-5-12(20-8-9)14(18)17-3-4-19-7-11(17)13-10(2)6-15-16-13/h5-6,8,11H,3-4,7H2,1-2H3,(H,15,16)/t11-/m1/s1. The summed E-state index contributed by atoms with van der Waals surface area (Å²) in [5, 5.41) is 9.05. The number of H-pyrrole nitrogens is 1. The van der Waals surface area contributed by atoms with E-state index in [2.05, 4.69) is 10.2 Å². The fourth-order valence-corrected chi connectivity index (χ4v) is 3.32. The molecule has 0 aromatic carbocycles. The van der Waals surface area contributed by atoms with E-state index < -0.39 is 0 Å². The first-order valence-electron chi connectivity index (χ1n) is 6.60. The smallest absolute Gasteiger partial charge is 0.264 e. The maximum Gasteiger partial charge on any atom is 0.264 e. The number of thiophene rings is 1. The SMILES string of the molecule is Cc1csc(C(=O)N2CCOC[C@@H]2c2[nH]ncc2C)c1. The first-order valence-corrected chi connectivity index (χ1v) is 7.48. The third-order valence-corrected chi connectivity index (χ3v) is 4.57. The van der Waals surface area contributed by atoms with Gasteiger partial charge in [0.15, 0.2) is 0 Å². The zero-order valence-electron chi connectivity index (χ0n) is 11.5. The molecule has 2 aromatic rings. The van der Waals surface area contributed by atoms with Crippen LogP contribution in [0.25, 0.3) is 0 Å². The third-order valence-electron chi connectivity index (χ3n) is 3.53. The van der Waals surface area contributed by atoms with Gasteiger partial charge in [0.05, 0.1) is 36.0 Å². The number of carbonyl (C=O) groups excluding carboxylic acids is 1. The number of morpholine rings is 1. The molecule has 0 bridgehead atoms. The molecule has 1 amide bonds. The van der Waals surface area contributed by atoms with E-state index in [9.17, 15) is 4.79 Å². The largest absolute Gasteiger partial charge is 0.377 e. The van der Waals surface area contributed by atoms with Gasteiger partial charge in [-0.25, -0.2) is 0 Å². The molecule has 3 heterocycles. The summed E-state index contributed by atoms with van der Waals surface area (Å²) in [6.45, 7) is 5.70. The number of hydrogen-bond acceptors (Lipinski definition) is 4. The van der Waals surface area contributed by atoms with E-state index in [0.717, 1.165) is 21.7 Å². The van der Waals surface area contributed by atoms with Crippen LogP contribution < -0.4 is 0 Å². The first kappa shape index (κ1) is 13.3. The molecule has 3 rings (SSSR count). The van der Waals surface area contributed by atoms with Crippen molar-refractivity contribution in [2.24, 2.45) is 0 Å². The Labute approximate surface area is 121 Å². The third kappa shape index (κ3) is 2.36. The van der Waals surface area contributed by atoms with Crippen molar-refractivity contribution < 1.29 is 9.53 Å². The molecular formula is C14H17N3O2S. The molecule has 5 nitrogen and oxygen atoms in total. The van der Waals surface area contributed by atoms with Gasteiger partial charge in [0.1, 0.15) is 0 Å². The highest BCUT2D eigenvalue weighted by molar-refractivity contribution is 7.12. The summed E-state index contributed by atoms with van der Waals surface area (Å²) in [5.74, 6) is 0.0744. The molecule has 2 aromatic heterocycles. The number of ether oxygens (including phenoxy) is 1. The fraction of sp³-hybridized carbons (Fsp3) is 0.429. The summed E-state index contributed by atoms with van der Waals surface area (Å²) in [5.41, 5.74) is 3.15. The van der Waals surface area contributed by atoms with E-state index in [1.807, 2.05) is 30.2 Å². The minimum Gasteiger partial charge on any atom is -0.377 e. The summed E-state index contributed by atoms with van der Waals surface area (Å²) in [7, 11) is 0. The zero-order chi connectivity index (χ0) is 14.1. The van der Waals surface area contributed by atoms with Crippen LogP contribution in [0.5, 0.6) is 0 Å². The number of nitrogens with zero attached hydrogens (tertiary/aromatic N) is 2. The Bertz CT molecular complexity index is 619. The van der Waals surface area contributed by atoms with Crippen LogP contribution in [0.4, 0.5) is 0 Å². The van der Waals surface area contributed by atoms with Gasteiger partial charge in [-0.3, -0.25) is 9.89 Å². The van der Waals surface area contributed by atoms with Crippen molar-refractivity contribution in [2.45, 2.75) is 19.9 Å². The van der Waals surface area contributed by atoms with Crippen LogP contribution in [0.15, 0.2) is 17.6 Å². The van der Waals surface area contributed by atoms with Crippen molar-refractivity contribution in [2.75, 3.05) is 19.8 Å². The Morgan fingerprint density at radius 1 is 1.55 bits per heavy atom. The molecule has 6 heteroatoms. The molecule has 20 heavy (non-hydrogen) atoms. The number of hydrogen-bond donors (Lipinski definition) is 1. The van der Waals surface area contributed by atoms with Crippen molar-refractivity contribution in [3.05, 3.63) is 39.3 Å². The van der Waals surface area contributed by atoms with Gasteiger partial charge in [-0.1, -0.05) is 0 Å². The second kappa shape index (κ2) is 5.38. The van der Waals surface area contributed by atoms with Crippen LogP contribution in [0.1, 0.15) is 32.5 Å². The Morgan fingerprint density at radius 2 is 2.40 bits per heavy atom. The number of aromatic nitrogens is 2. The molecule has 1 aliphatic heterocycles. The maximum absolute atomic E-state index is 12.7. The maximum atomic E-state index is 12.7. The zero-order valence-corrected chi connectivity index (χ0v) is 12.4. The highest BCUT2D eigenvalue weighted by Gasteiger charge is 2.31. The van der Waals surface area contributed by atoms with Crippen LogP contribution in [0.2, 0.25) is 0 Å². The van der Waals surface area contributed by atoms with Gasteiger partial charge < -0.3 is 9.64 Å². The van der Waals surface area contributed by atoms with Crippen LogP contribution >= 0.6 is 11.3 Å². The second-order valence-corrected chi connectivity index (χ2v) is 5.96. The lowest BCUT2D eigenvalue weighted by Crippen LogP contribution is -2.43. The lowest BCUT2D eigenvalue weighted by atomic mass is 10.1. The van der Waals surface area contributed by atoms with E-state index in [4.69, 9.17) is 4.74 Å². The molecule has 0 aliphatic carbocycles.